The Kier molecular flexibility index (Phi) is 6.87. The van der Waals surface area contributed by atoms with Crippen molar-refractivity contribution in [3.8, 4) is 0 Å². The van der Waals surface area contributed by atoms with Crippen LogP contribution in [0.25, 0.3) is 0 Å². The Bertz CT molecular complexity index is 1030. The molecule has 3 aromatic rings. The molecule has 0 saturated heterocycles. The largest absolute Gasteiger partial charge is 0.342 e. The number of nitrogens with one attached hydrogen (secondary N) is 1. The van der Waals surface area contributed by atoms with Crippen LogP contribution in [0.5, 0.6) is 0 Å². The third-order valence-corrected chi connectivity index (χ3v) is 5.93. The van der Waals surface area contributed by atoms with Crippen molar-refractivity contribution in [1.29, 1.82) is 0 Å². The molecular formula is C21H21BrN4O2S. The van der Waals surface area contributed by atoms with Gasteiger partial charge in [0, 0.05) is 22.6 Å². The maximum absolute atomic E-state index is 12.5. The maximum atomic E-state index is 12.5. The Morgan fingerprint density at radius 2 is 1.86 bits per heavy atom. The molecule has 1 aromatic heterocycles. The zero-order chi connectivity index (χ0) is 21.0. The lowest BCUT2D eigenvalue weighted by Crippen LogP contribution is -2.28. The monoisotopic (exact) mass is 472 g/mol. The lowest BCUT2D eigenvalue weighted by Gasteiger charge is -2.14. The molecule has 6 nitrogen and oxygen atoms in total. The summed E-state index contributed by atoms with van der Waals surface area (Å²) in [6, 6.07) is 14.4. The van der Waals surface area contributed by atoms with Crippen molar-refractivity contribution in [2.24, 2.45) is 7.05 Å². The molecule has 0 fully saturated rings. The second kappa shape index (κ2) is 9.37. The smallest absolute Gasteiger partial charge is 0.251 e. The number of aromatic nitrogens is 3. The first-order valence-corrected chi connectivity index (χ1v) is 10.8. The van der Waals surface area contributed by atoms with Gasteiger partial charge in [0.05, 0.1) is 11.8 Å². The fourth-order valence-electron chi connectivity index (χ4n) is 2.81. The van der Waals surface area contributed by atoms with Crippen LogP contribution in [0.4, 0.5) is 0 Å². The quantitative estimate of drug-likeness (QED) is 0.408. The molecule has 1 amide bonds. The molecule has 1 atom stereocenters. The first-order chi connectivity index (χ1) is 13.8. The Morgan fingerprint density at radius 1 is 1.14 bits per heavy atom. The SMILES string of the molecule is Cc1cccc(C(=O)N[C@H](C)c2nnc(SCC(=O)c3ccc(Br)cc3)n2C)c1. The third-order valence-electron chi connectivity index (χ3n) is 4.38. The summed E-state index contributed by atoms with van der Waals surface area (Å²) in [5.74, 6) is 0.749. The van der Waals surface area contributed by atoms with Crippen molar-refractivity contribution in [2.45, 2.75) is 25.0 Å². The molecule has 1 N–H and O–H groups in total. The van der Waals surface area contributed by atoms with E-state index in [9.17, 15) is 9.59 Å². The predicted octanol–water partition coefficient (Wildman–Crippen LogP) is 4.35. The Labute approximate surface area is 182 Å². The standard InChI is InChI=1S/C21H21BrN4O2S/c1-13-5-4-6-16(11-13)20(28)23-14(2)19-24-25-21(26(19)3)29-12-18(27)15-7-9-17(22)10-8-15/h4-11,14H,12H2,1-3H3,(H,23,28)/t14-/m1/s1. The number of rotatable bonds is 7. The average Bonchev–Trinajstić information content (AvgIpc) is 3.07. The zero-order valence-electron chi connectivity index (χ0n) is 16.3. The Morgan fingerprint density at radius 3 is 2.55 bits per heavy atom. The van der Waals surface area contributed by atoms with Gasteiger partial charge in [-0.15, -0.1) is 10.2 Å². The van der Waals surface area contributed by atoms with Crippen LogP contribution >= 0.6 is 27.7 Å². The fraction of sp³-hybridized carbons (Fsp3) is 0.238. The summed E-state index contributed by atoms with van der Waals surface area (Å²) in [7, 11) is 1.83. The second-order valence-electron chi connectivity index (χ2n) is 6.68. The first kappa shape index (κ1) is 21.3. The van der Waals surface area contributed by atoms with Gasteiger partial charge in [-0.05, 0) is 38.1 Å². The van der Waals surface area contributed by atoms with Crippen LogP contribution in [0.15, 0.2) is 58.2 Å². The van der Waals surface area contributed by atoms with Gasteiger partial charge in [-0.1, -0.05) is 57.5 Å². The number of hydrogen-bond acceptors (Lipinski definition) is 5. The van der Waals surface area contributed by atoms with Gasteiger partial charge in [0.2, 0.25) is 0 Å². The van der Waals surface area contributed by atoms with E-state index in [0.717, 1.165) is 10.0 Å². The number of benzene rings is 2. The van der Waals surface area contributed by atoms with Crippen LogP contribution in [0.2, 0.25) is 0 Å². The summed E-state index contributed by atoms with van der Waals surface area (Å²) in [5, 5.41) is 12.0. The molecule has 0 bridgehead atoms. The van der Waals surface area contributed by atoms with Crippen LogP contribution in [-0.2, 0) is 7.05 Å². The second-order valence-corrected chi connectivity index (χ2v) is 8.54. The number of carbonyl (C=O) groups excluding carboxylic acids is 2. The number of carbonyl (C=O) groups is 2. The van der Waals surface area contributed by atoms with Gasteiger partial charge in [0.15, 0.2) is 16.8 Å². The van der Waals surface area contributed by atoms with Crippen molar-refractivity contribution in [3.63, 3.8) is 0 Å². The highest BCUT2D eigenvalue weighted by molar-refractivity contribution is 9.10. The van der Waals surface area contributed by atoms with Crippen molar-refractivity contribution < 1.29 is 9.59 Å². The number of ketones is 1. The summed E-state index contributed by atoms with van der Waals surface area (Å²) >= 11 is 4.69. The first-order valence-electron chi connectivity index (χ1n) is 9.03. The van der Waals surface area contributed by atoms with Gasteiger partial charge in [0.1, 0.15) is 0 Å². The van der Waals surface area contributed by atoms with Crippen molar-refractivity contribution in [1.82, 2.24) is 20.1 Å². The number of Topliss-reactive ketones (excluding diaryl/α,β-unsaturated/α-hetero) is 1. The highest BCUT2D eigenvalue weighted by atomic mass is 79.9. The average molecular weight is 473 g/mol. The number of amides is 1. The number of hydrogen-bond donors (Lipinski definition) is 1. The number of aryl methyl sites for hydroxylation is 1. The summed E-state index contributed by atoms with van der Waals surface area (Å²) < 4.78 is 2.74. The van der Waals surface area contributed by atoms with Gasteiger partial charge in [-0.25, -0.2) is 0 Å². The van der Waals surface area contributed by atoms with Gasteiger partial charge in [-0.2, -0.15) is 0 Å². The molecule has 1 heterocycles. The summed E-state index contributed by atoms with van der Waals surface area (Å²) in [6.07, 6.45) is 0. The van der Waals surface area contributed by atoms with Crippen LogP contribution in [-0.4, -0.2) is 32.2 Å². The minimum absolute atomic E-state index is 0.0212. The van der Waals surface area contributed by atoms with Crippen LogP contribution in [0, 0.1) is 6.92 Å². The lowest BCUT2D eigenvalue weighted by atomic mass is 10.1. The number of halogens is 1. The van der Waals surface area contributed by atoms with E-state index in [1.807, 2.05) is 51.2 Å². The molecule has 150 valence electrons. The third kappa shape index (κ3) is 5.33. The van der Waals surface area contributed by atoms with Crippen LogP contribution in [0.1, 0.15) is 45.1 Å². The van der Waals surface area contributed by atoms with Gasteiger partial charge in [0.25, 0.3) is 5.91 Å². The van der Waals surface area contributed by atoms with E-state index in [4.69, 9.17) is 0 Å². The van der Waals surface area contributed by atoms with Gasteiger partial charge < -0.3 is 9.88 Å². The molecule has 0 aliphatic heterocycles. The topological polar surface area (TPSA) is 76.9 Å². The van der Waals surface area contributed by atoms with Crippen molar-refractivity contribution in [2.75, 3.05) is 5.75 Å². The highest BCUT2D eigenvalue weighted by Gasteiger charge is 2.19. The van der Waals surface area contributed by atoms with Crippen molar-refractivity contribution in [3.05, 3.63) is 75.5 Å². The Hall–Kier alpha value is -2.45. The maximum Gasteiger partial charge on any atom is 0.251 e. The molecule has 0 saturated carbocycles. The molecule has 2 aromatic carbocycles. The van der Waals surface area contributed by atoms with E-state index in [-0.39, 0.29) is 23.5 Å². The lowest BCUT2D eigenvalue weighted by molar-refractivity contribution is 0.0937. The van der Waals surface area contributed by atoms with Gasteiger partial charge >= 0.3 is 0 Å². The van der Waals surface area contributed by atoms with Crippen molar-refractivity contribution >= 4 is 39.4 Å². The van der Waals surface area contributed by atoms with Crippen LogP contribution < -0.4 is 5.32 Å². The van der Waals surface area contributed by atoms with E-state index >= 15 is 0 Å². The fourth-order valence-corrected chi connectivity index (χ4v) is 3.89. The molecule has 0 spiro atoms. The molecule has 0 unspecified atom stereocenters. The Balaban J connectivity index is 1.63. The highest BCUT2D eigenvalue weighted by Crippen LogP contribution is 2.21. The van der Waals surface area contributed by atoms with E-state index in [1.165, 1.54) is 11.8 Å². The van der Waals surface area contributed by atoms with Gasteiger partial charge in [-0.3, -0.25) is 9.59 Å². The normalized spacial score (nSPS) is 11.9. The van der Waals surface area contributed by atoms with Crippen LogP contribution in [0.3, 0.4) is 0 Å². The predicted molar refractivity (Wildman–Crippen MR) is 117 cm³/mol. The molecule has 0 aliphatic rings. The molecule has 0 radical (unpaired) electrons. The molecule has 8 heteroatoms. The molecular weight excluding hydrogens is 452 g/mol. The minimum atomic E-state index is -0.322. The number of thioether (sulfide) groups is 1. The molecule has 29 heavy (non-hydrogen) atoms. The van der Waals surface area contributed by atoms with E-state index in [1.54, 1.807) is 22.8 Å². The van der Waals surface area contributed by atoms with E-state index in [2.05, 4.69) is 31.4 Å². The molecule has 0 aliphatic carbocycles. The summed E-state index contributed by atoms with van der Waals surface area (Å²) in [5.41, 5.74) is 2.29. The zero-order valence-corrected chi connectivity index (χ0v) is 18.8. The van der Waals surface area contributed by atoms with E-state index < -0.39 is 0 Å². The number of nitrogens with zero attached hydrogens (tertiary/aromatic N) is 3. The van der Waals surface area contributed by atoms with E-state index in [0.29, 0.717) is 22.1 Å². The summed E-state index contributed by atoms with van der Waals surface area (Å²) in [4.78, 5) is 24.8. The minimum Gasteiger partial charge on any atom is -0.342 e. The molecule has 3 rings (SSSR count). The summed E-state index contributed by atoms with van der Waals surface area (Å²) in [6.45, 7) is 3.81.